The van der Waals surface area contributed by atoms with Gasteiger partial charge in [-0.1, -0.05) is 30.3 Å². The maximum Gasteiger partial charge on any atom is 0.120 e. The second-order valence-corrected chi connectivity index (χ2v) is 4.84. The second-order valence-electron chi connectivity index (χ2n) is 4.84. The third kappa shape index (κ3) is 3.75. The molecule has 0 saturated heterocycles. The van der Waals surface area contributed by atoms with E-state index >= 15 is 0 Å². The van der Waals surface area contributed by atoms with E-state index in [1.807, 2.05) is 31.2 Å². The van der Waals surface area contributed by atoms with Gasteiger partial charge in [0.05, 0.1) is 7.11 Å². The number of phenolic OH excluding ortho intramolecular Hbond substituents is 1. The van der Waals surface area contributed by atoms with E-state index in [9.17, 15) is 5.11 Å². The molecular weight excluding hydrogens is 250 g/mol. The quantitative estimate of drug-likeness (QED) is 0.847. The fraction of sp³-hybridized carbons (Fsp3) is 0.294. The maximum absolute atomic E-state index is 9.92. The molecule has 0 fully saturated rings. The first-order chi connectivity index (χ1) is 9.70. The van der Waals surface area contributed by atoms with Crippen LogP contribution in [0.2, 0.25) is 0 Å². The van der Waals surface area contributed by atoms with Crippen LogP contribution in [0.5, 0.6) is 11.5 Å². The van der Waals surface area contributed by atoms with Crippen LogP contribution in [0.3, 0.4) is 0 Å². The van der Waals surface area contributed by atoms with Crippen LogP contribution in [0.15, 0.2) is 48.5 Å². The normalized spacial score (nSPS) is 12.1. The van der Waals surface area contributed by atoms with Crippen molar-refractivity contribution < 1.29 is 9.84 Å². The number of hydrogen-bond acceptors (Lipinski definition) is 3. The summed E-state index contributed by atoms with van der Waals surface area (Å²) in [6, 6.07) is 15.7. The molecular formula is C17H21NO2. The lowest BCUT2D eigenvalue weighted by Crippen LogP contribution is -2.21. The molecule has 1 unspecified atom stereocenters. The molecule has 0 heterocycles. The average Bonchev–Trinajstić information content (AvgIpc) is 2.48. The first kappa shape index (κ1) is 14.4. The standard InChI is InChI=1S/C17H21NO2/c1-13(16-12-15(20-2)8-9-17(16)19)18-11-10-14-6-4-3-5-7-14/h3-9,12-13,18-19H,10-11H2,1-2H3. The summed E-state index contributed by atoms with van der Waals surface area (Å²) in [6.45, 7) is 2.90. The van der Waals surface area contributed by atoms with E-state index in [0.717, 1.165) is 24.3 Å². The Bertz CT molecular complexity index is 540. The smallest absolute Gasteiger partial charge is 0.120 e. The van der Waals surface area contributed by atoms with Crippen LogP contribution in [-0.2, 0) is 6.42 Å². The van der Waals surface area contributed by atoms with Crippen LogP contribution in [-0.4, -0.2) is 18.8 Å². The van der Waals surface area contributed by atoms with Crippen LogP contribution >= 0.6 is 0 Å². The van der Waals surface area contributed by atoms with Gasteiger partial charge in [-0.15, -0.1) is 0 Å². The molecule has 3 heteroatoms. The zero-order valence-corrected chi connectivity index (χ0v) is 12.0. The van der Waals surface area contributed by atoms with Gasteiger partial charge in [0.2, 0.25) is 0 Å². The third-order valence-corrected chi connectivity index (χ3v) is 3.41. The Balaban J connectivity index is 1.93. The Morgan fingerprint density at radius 1 is 1.15 bits per heavy atom. The summed E-state index contributed by atoms with van der Waals surface area (Å²) < 4.78 is 5.19. The van der Waals surface area contributed by atoms with Gasteiger partial charge in [0.15, 0.2) is 0 Å². The Kier molecular flexibility index (Phi) is 5.02. The molecule has 0 aromatic heterocycles. The molecule has 3 nitrogen and oxygen atoms in total. The van der Waals surface area contributed by atoms with E-state index in [0.29, 0.717) is 5.75 Å². The van der Waals surface area contributed by atoms with Gasteiger partial charge in [0.25, 0.3) is 0 Å². The van der Waals surface area contributed by atoms with E-state index < -0.39 is 0 Å². The Morgan fingerprint density at radius 3 is 2.60 bits per heavy atom. The number of methoxy groups -OCH3 is 1. The van der Waals surface area contributed by atoms with Crippen molar-refractivity contribution >= 4 is 0 Å². The zero-order chi connectivity index (χ0) is 14.4. The number of phenols is 1. The molecule has 0 amide bonds. The van der Waals surface area contributed by atoms with Gasteiger partial charge in [-0.25, -0.2) is 0 Å². The van der Waals surface area contributed by atoms with E-state index in [2.05, 4.69) is 17.4 Å². The van der Waals surface area contributed by atoms with Gasteiger partial charge >= 0.3 is 0 Å². The van der Waals surface area contributed by atoms with Crippen LogP contribution in [0.25, 0.3) is 0 Å². The van der Waals surface area contributed by atoms with Crippen molar-refractivity contribution in [3.05, 3.63) is 59.7 Å². The Hall–Kier alpha value is -2.00. The molecule has 2 N–H and O–H groups in total. The molecule has 0 saturated carbocycles. The molecule has 0 aliphatic carbocycles. The van der Waals surface area contributed by atoms with Crippen molar-refractivity contribution in [3.8, 4) is 11.5 Å². The van der Waals surface area contributed by atoms with Crippen LogP contribution in [0, 0.1) is 0 Å². The lowest BCUT2D eigenvalue weighted by atomic mass is 10.1. The van der Waals surface area contributed by atoms with E-state index in [4.69, 9.17) is 4.74 Å². The van der Waals surface area contributed by atoms with Crippen molar-refractivity contribution in [1.29, 1.82) is 0 Å². The summed E-state index contributed by atoms with van der Waals surface area (Å²) in [5.74, 6) is 1.06. The van der Waals surface area contributed by atoms with Gasteiger partial charge in [-0.05, 0) is 43.7 Å². The number of nitrogens with one attached hydrogen (secondary N) is 1. The molecule has 2 aromatic rings. The molecule has 106 valence electrons. The van der Waals surface area contributed by atoms with Crippen molar-refractivity contribution in [2.45, 2.75) is 19.4 Å². The molecule has 2 aromatic carbocycles. The maximum atomic E-state index is 9.92. The van der Waals surface area contributed by atoms with Crippen molar-refractivity contribution in [1.82, 2.24) is 5.32 Å². The molecule has 0 bridgehead atoms. The van der Waals surface area contributed by atoms with E-state index in [1.165, 1.54) is 5.56 Å². The number of hydrogen-bond donors (Lipinski definition) is 2. The fourth-order valence-electron chi connectivity index (χ4n) is 2.19. The van der Waals surface area contributed by atoms with Gasteiger partial charge in [-0.2, -0.15) is 0 Å². The van der Waals surface area contributed by atoms with Gasteiger partial charge < -0.3 is 15.2 Å². The summed E-state index contributed by atoms with van der Waals surface area (Å²) in [5.41, 5.74) is 2.17. The zero-order valence-electron chi connectivity index (χ0n) is 12.0. The fourth-order valence-corrected chi connectivity index (χ4v) is 2.19. The molecule has 20 heavy (non-hydrogen) atoms. The largest absolute Gasteiger partial charge is 0.508 e. The van der Waals surface area contributed by atoms with E-state index in [-0.39, 0.29) is 6.04 Å². The first-order valence-corrected chi connectivity index (χ1v) is 6.85. The molecule has 0 aliphatic rings. The molecule has 0 aliphatic heterocycles. The van der Waals surface area contributed by atoms with Gasteiger partial charge in [0.1, 0.15) is 11.5 Å². The minimum absolute atomic E-state index is 0.0776. The highest BCUT2D eigenvalue weighted by atomic mass is 16.5. The SMILES string of the molecule is COc1ccc(O)c(C(C)NCCc2ccccc2)c1. The van der Waals surface area contributed by atoms with Crippen LogP contribution < -0.4 is 10.1 Å². The minimum atomic E-state index is 0.0776. The summed E-state index contributed by atoms with van der Waals surface area (Å²) in [7, 11) is 1.63. The number of ether oxygens (including phenoxy) is 1. The minimum Gasteiger partial charge on any atom is -0.508 e. The highest BCUT2D eigenvalue weighted by molar-refractivity contribution is 5.41. The lowest BCUT2D eigenvalue weighted by Gasteiger charge is -2.16. The number of rotatable bonds is 6. The van der Waals surface area contributed by atoms with E-state index in [1.54, 1.807) is 19.2 Å². The monoisotopic (exact) mass is 271 g/mol. The lowest BCUT2D eigenvalue weighted by molar-refractivity contribution is 0.407. The average molecular weight is 271 g/mol. The summed E-state index contributed by atoms with van der Waals surface area (Å²) in [6.07, 6.45) is 0.968. The van der Waals surface area contributed by atoms with Crippen molar-refractivity contribution in [3.63, 3.8) is 0 Å². The van der Waals surface area contributed by atoms with Gasteiger partial charge in [0, 0.05) is 11.6 Å². The Morgan fingerprint density at radius 2 is 1.90 bits per heavy atom. The highest BCUT2D eigenvalue weighted by Gasteiger charge is 2.10. The summed E-state index contributed by atoms with van der Waals surface area (Å²) in [5, 5.41) is 13.3. The molecule has 2 rings (SSSR count). The molecule has 0 spiro atoms. The third-order valence-electron chi connectivity index (χ3n) is 3.41. The number of benzene rings is 2. The number of aromatic hydroxyl groups is 1. The molecule has 0 radical (unpaired) electrons. The van der Waals surface area contributed by atoms with Crippen molar-refractivity contribution in [2.75, 3.05) is 13.7 Å². The van der Waals surface area contributed by atoms with Crippen LogP contribution in [0.1, 0.15) is 24.1 Å². The first-order valence-electron chi connectivity index (χ1n) is 6.85. The summed E-state index contributed by atoms with van der Waals surface area (Å²) in [4.78, 5) is 0. The summed E-state index contributed by atoms with van der Waals surface area (Å²) >= 11 is 0. The Labute approximate surface area is 120 Å². The van der Waals surface area contributed by atoms with Crippen LogP contribution in [0.4, 0.5) is 0 Å². The molecule has 1 atom stereocenters. The predicted molar refractivity (Wildman–Crippen MR) is 81.2 cm³/mol. The predicted octanol–water partition coefficient (Wildman–Crippen LogP) is 3.29. The second kappa shape index (κ2) is 6.96. The highest BCUT2D eigenvalue weighted by Crippen LogP contribution is 2.28. The van der Waals surface area contributed by atoms with Gasteiger partial charge in [-0.3, -0.25) is 0 Å². The topological polar surface area (TPSA) is 41.5 Å². The van der Waals surface area contributed by atoms with Crippen molar-refractivity contribution in [2.24, 2.45) is 0 Å².